The monoisotopic (exact) mass is 478 g/mol. The molecule has 1 aliphatic rings. The summed E-state index contributed by atoms with van der Waals surface area (Å²) in [6, 6.07) is 10.5. The molecule has 10 heteroatoms. The van der Waals surface area contributed by atoms with E-state index in [-0.39, 0.29) is 10.8 Å². The molecule has 1 amide bonds. The molecule has 176 valence electrons. The first kappa shape index (κ1) is 22.3. The van der Waals surface area contributed by atoms with Gasteiger partial charge in [0.2, 0.25) is 10.0 Å². The Hall–Kier alpha value is -3.50. The molecule has 0 bridgehead atoms. The Morgan fingerprint density at radius 3 is 2.71 bits per heavy atom. The van der Waals surface area contributed by atoms with Crippen molar-refractivity contribution in [2.24, 2.45) is 0 Å². The lowest BCUT2D eigenvalue weighted by molar-refractivity contribution is 0.102. The van der Waals surface area contributed by atoms with E-state index in [0.717, 1.165) is 30.6 Å². The Morgan fingerprint density at radius 2 is 1.91 bits per heavy atom. The van der Waals surface area contributed by atoms with Gasteiger partial charge in [-0.25, -0.2) is 13.4 Å². The number of nitrogens with zero attached hydrogens (tertiary/aromatic N) is 5. The minimum absolute atomic E-state index is 0.146. The fourth-order valence-corrected chi connectivity index (χ4v) is 5.75. The number of benzene rings is 1. The molecule has 0 atom stereocenters. The van der Waals surface area contributed by atoms with Crippen LogP contribution in [0.1, 0.15) is 40.9 Å². The minimum atomic E-state index is -3.62. The molecular formula is C24H26N6O3S. The molecule has 0 saturated carbocycles. The van der Waals surface area contributed by atoms with Crippen LogP contribution in [0, 0.1) is 6.92 Å². The number of aryl methyl sites for hydroxylation is 1. The molecule has 4 aromatic rings. The summed E-state index contributed by atoms with van der Waals surface area (Å²) in [5.41, 5.74) is 3.25. The van der Waals surface area contributed by atoms with Crippen molar-refractivity contribution in [1.29, 1.82) is 0 Å². The smallest absolute Gasteiger partial charge is 0.256 e. The number of amides is 1. The van der Waals surface area contributed by atoms with Crippen molar-refractivity contribution < 1.29 is 13.2 Å². The third-order valence-electron chi connectivity index (χ3n) is 6.04. The Balaban J connectivity index is 1.31. The van der Waals surface area contributed by atoms with Gasteiger partial charge in [0, 0.05) is 37.2 Å². The maximum absolute atomic E-state index is 13.0. The van der Waals surface area contributed by atoms with Gasteiger partial charge in [0.25, 0.3) is 5.91 Å². The Bertz CT molecular complexity index is 1420. The third-order valence-corrected chi connectivity index (χ3v) is 7.93. The second-order valence-electron chi connectivity index (χ2n) is 8.52. The second-order valence-corrected chi connectivity index (χ2v) is 10.5. The average molecular weight is 479 g/mol. The fourth-order valence-electron chi connectivity index (χ4n) is 4.20. The number of imidazole rings is 1. The normalized spacial score (nSPS) is 15.0. The standard InChI is InChI=1S/C24H26N6O3S/c1-18-8-9-21(34(32,33)30-11-4-2-5-12-30)13-22(18)24(31)27-19-14-25-29(16-19)17-20-15-28-10-6-3-7-23(28)26-20/h3,6-10,13-16H,2,4-5,11-12,17H2,1H3,(H,27,31). The van der Waals surface area contributed by atoms with Crippen LogP contribution in [-0.4, -0.2) is 50.9 Å². The van der Waals surface area contributed by atoms with Crippen molar-refractivity contribution in [3.05, 3.63) is 78.0 Å². The summed E-state index contributed by atoms with van der Waals surface area (Å²) >= 11 is 0. The van der Waals surface area contributed by atoms with Gasteiger partial charge < -0.3 is 9.72 Å². The Labute approximate surface area is 198 Å². The van der Waals surface area contributed by atoms with Crippen LogP contribution in [0.4, 0.5) is 5.69 Å². The van der Waals surface area contributed by atoms with Gasteiger partial charge in [0.15, 0.2) is 0 Å². The third kappa shape index (κ3) is 4.46. The highest BCUT2D eigenvalue weighted by molar-refractivity contribution is 7.89. The summed E-state index contributed by atoms with van der Waals surface area (Å²) in [6.45, 7) is 3.28. The zero-order chi connectivity index (χ0) is 23.7. The van der Waals surface area contributed by atoms with E-state index in [9.17, 15) is 13.2 Å². The summed E-state index contributed by atoms with van der Waals surface area (Å²) in [5, 5.41) is 7.15. The van der Waals surface area contributed by atoms with E-state index in [1.165, 1.54) is 10.4 Å². The van der Waals surface area contributed by atoms with E-state index in [0.29, 0.717) is 36.4 Å². The molecule has 0 radical (unpaired) electrons. The molecule has 1 aromatic carbocycles. The van der Waals surface area contributed by atoms with Crippen LogP contribution in [0.3, 0.4) is 0 Å². The van der Waals surface area contributed by atoms with E-state index >= 15 is 0 Å². The number of carbonyl (C=O) groups is 1. The minimum Gasteiger partial charge on any atom is -0.319 e. The van der Waals surface area contributed by atoms with E-state index in [2.05, 4.69) is 15.4 Å². The van der Waals surface area contributed by atoms with Crippen LogP contribution in [0.15, 0.2) is 66.1 Å². The second kappa shape index (κ2) is 9.03. The molecule has 1 N–H and O–H groups in total. The van der Waals surface area contributed by atoms with E-state index in [1.807, 2.05) is 35.0 Å². The lowest BCUT2D eigenvalue weighted by atomic mass is 10.1. The molecule has 4 heterocycles. The summed E-state index contributed by atoms with van der Waals surface area (Å²) in [6.07, 6.45) is 9.92. The van der Waals surface area contributed by atoms with Crippen LogP contribution in [0.2, 0.25) is 0 Å². The molecule has 9 nitrogen and oxygen atoms in total. The van der Waals surface area contributed by atoms with Gasteiger partial charge in [0.1, 0.15) is 5.65 Å². The van der Waals surface area contributed by atoms with Crippen LogP contribution >= 0.6 is 0 Å². The molecular weight excluding hydrogens is 452 g/mol. The lowest BCUT2D eigenvalue weighted by Gasteiger charge is -2.26. The van der Waals surface area contributed by atoms with Gasteiger partial charge >= 0.3 is 0 Å². The van der Waals surface area contributed by atoms with Crippen LogP contribution in [0.25, 0.3) is 5.65 Å². The lowest BCUT2D eigenvalue weighted by Crippen LogP contribution is -2.35. The Morgan fingerprint density at radius 1 is 1.09 bits per heavy atom. The quantitative estimate of drug-likeness (QED) is 0.458. The zero-order valence-corrected chi connectivity index (χ0v) is 19.7. The topological polar surface area (TPSA) is 102 Å². The molecule has 0 spiro atoms. The molecule has 0 aliphatic carbocycles. The molecule has 1 saturated heterocycles. The van der Waals surface area contributed by atoms with Gasteiger partial charge in [-0.05, 0) is 49.6 Å². The van der Waals surface area contributed by atoms with Gasteiger partial charge in [0.05, 0.1) is 29.0 Å². The number of pyridine rings is 1. The van der Waals surface area contributed by atoms with Crippen LogP contribution in [0.5, 0.6) is 0 Å². The van der Waals surface area contributed by atoms with Crippen molar-refractivity contribution in [3.8, 4) is 0 Å². The van der Waals surface area contributed by atoms with Gasteiger partial charge in [-0.1, -0.05) is 18.6 Å². The van der Waals surface area contributed by atoms with E-state index in [1.54, 1.807) is 36.1 Å². The van der Waals surface area contributed by atoms with Gasteiger partial charge in [-0.15, -0.1) is 0 Å². The molecule has 34 heavy (non-hydrogen) atoms. The molecule has 3 aromatic heterocycles. The number of piperidine rings is 1. The van der Waals surface area contributed by atoms with Gasteiger partial charge in [-0.2, -0.15) is 9.40 Å². The number of aromatic nitrogens is 4. The van der Waals surface area contributed by atoms with E-state index < -0.39 is 10.0 Å². The van der Waals surface area contributed by atoms with Crippen molar-refractivity contribution >= 4 is 27.3 Å². The summed E-state index contributed by atoms with van der Waals surface area (Å²) in [4.78, 5) is 17.7. The molecule has 1 aliphatic heterocycles. The SMILES string of the molecule is Cc1ccc(S(=O)(=O)N2CCCCC2)cc1C(=O)Nc1cnn(Cc2cn3ccccc3n2)c1. The average Bonchev–Trinajstić information content (AvgIpc) is 3.45. The number of anilines is 1. The summed E-state index contributed by atoms with van der Waals surface area (Å²) in [5.74, 6) is -0.375. The largest absolute Gasteiger partial charge is 0.319 e. The number of sulfonamides is 1. The predicted octanol–water partition coefficient (Wildman–Crippen LogP) is 3.31. The van der Waals surface area contributed by atoms with Crippen LogP contribution < -0.4 is 5.32 Å². The van der Waals surface area contributed by atoms with Gasteiger partial charge in [-0.3, -0.25) is 9.48 Å². The van der Waals surface area contributed by atoms with Crippen LogP contribution in [-0.2, 0) is 16.6 Å². The first-order chi connectivity index (χ1) is 16.4. The highest BCUT2D eigenvalue weighted by atomic mass is 32.2. The first-order valence-corrected chi connectivity index (χ1v) is 12.7. The number of nitrogens with one attached hydrogen (secondary N) is 1. The number of hydrogen-bond donors (Lipinski definition) is 1. The van der Waals surface area contributed by atoms with Crippen molar-refractivity contribution in [2.75, 3.05) is 18.4 Å². The highest BCUT2D eigenvalue weighted by Gasteiger charge is 2.27. The van der Waals surface area contributed by atoms with Crippen molar-refractivity contribution in [2.45, 2.75) is 37.6 Å². The highest BCUT2D eigenvalue weighted by Crippen LogP contribution is 2.23. The summed E-state index contributed by atoms with van der Waals surface area (Å²) in [7, 11) is -3.62. The number of rotatable bonds is 6. The summed E-state index contributed by atoms with van der Waals surface area (Å²) < 4.78 is 31.2. The molecule has 0 unspecified atom stereocenters. The fraction of sp³-hybridized carbons (Fsp3) is 0.292. The molecule has 5 rings (SSSR count). The number of carbonyl (C=O) groups excluding carboxylic acids is 1. The first-order valence-electron chi connectivity index (χ1n) is 11.3. The zero-order valence-electron chi connectivity index (χ0n) is 18.9. The number of hydrogen-bond acceptors (Lipinski definition) is 5. The number of fused-ring (bicyclic) bond motifs is 1. The van der Waals surface area contributed by atoms with E-state index in [4.69, 9.17) is 0 Å². The maximum atomic E-state index is 13.0. The van der Waals surface area contributed by atoms with Crippen molar-refractivity contribution in [3.63, 3.8) is 0 Å². The maximum Gasteiger partial charge on any atom is 0.256 e. The Kier molecular flexibility index (Phi) is 5.93. The predicted molar refractivity (Wildman–Crippen MR) is 128 cm³/mol. The molecule has 1 fully saturated rings. The van der Waals surface area contributed by atoms with Crippen molar-refractivity contribution in [1.82, 2.24) is 23.5 Å².